The quantitative estimate of drug-likeness (QED) is 0.162. The molecule has 0 aliphatic rings. The van der Waals surface area contributed by atoms with E-state index < -0.39 is 0 Å². The van der Waals surface area contributed by atoms with Gasteiger partial charge in [-0.15, -0.1) is 0 Å². The molecule has 9 aromatic carbocycles. The number of hydrogen-bond donors (Lipinski definition) is 0. The first-order valence-electron chi connectivity index (χ1n) is 19.3. The molecule has 0 aliphatic heterocycles. The molecule has 0 unspecified atom stereocenters. The predicted octanol–water partition coefficient (Wildman–Crippen LogP) is 14.5. The van der Waals surface area contributed by atoms with Crippen molar-refractivity contribution >= 4 is 43.6 Å². The fourth-order valence-corrected chi connectivity index (χ4v) is 8.69. The van der Waals surface area contributed by atoms with Crippen LogP contribution in [0.2, 0.25) is 0 Å². The molecule has 2 aromatic heterocycles. The smallest absolute Gasteiger partial charge is 0.0541 e. The first-order chi connectivity index (χ1) is 27.8. The van der Waals surface area contributed by atoms with Gasteiger partial charge in [0.1, 0.15) is 0 Å². The van der Waals surface area contributed by atoms with Crippen LogP contribution in [0.4, 0.5) is 0 Å². The van der Waals surface area contributed by atoms with Gasteiger partial charge in [0.2, 0.25) is 0 Å². The van der Waals surface area contributed by atoms with Crippen molar-refractivity contribution in [1.82, 2.24) is 9.13 Å². The van der Waals surface area contributed by atoms with Crippen LogP contribution in [0, 0.1) is 0 Å². The Kier molecular flexibility index (Phi) is 7.53. The van der Waals surface area contributed by atoms with E-state index >= 15 is 0 Å². The standard InChI is InChI=1S/C54H36N2/c1-4-14-38(15-5-1)45-20-10-11-21-46(45)39-26-24-37(25-27-39)40-28-31-53-49(34-40)50-36-42(30-33-54(50)56(53)44-18-8-3-9-19-44)41-29-32-52-48(35-41)47-22-12-13-23-51(47)55(52)43-16-6-2-7-17-43/h1-36H. The van der Waals surface area contributed by atoms with Crippen molar-refractivity contribution in [2.24, 2.45) is 0 Å². The zero-order chi connectivity index (χ0) is 37.0. The molecule has 56 heavy (non-hydrogen) atoms. The fourth-order valence-electron chi connectivity index (χ4n) is 8.69. The molecule has 0 N–H and O–H groups in total. The molecule has 0 radical (unpaired) electrons. The number of hydrogen-bond acceptors (Lipinski definition) is 0. The summed E-state index contributed by atoms with van der Waals surface area (Å²) in [6, 6.07) is 79.4. The van der Waals surface area contributed by atoms with Gasteiger partial charge in [0, 0.05) is 32.9 Å². The third-order valence-corrected chi connectivity index (χ3v) is 11.3. The minimum Gasteiger partial charge on any atom is -0.309 e. The normalized spacial score (nSPS) is 11.6. The summed E-state index contributed by atoms with van der Waals surface area (Å²) in [5.74, 6) is 0. The summed E-state index contributed by atoms with van der Waals surface area (Å²) in [4.78, 5) is 0. The maximum Gasteiger partial charge on any atom is 0.0541 e. The van der Waals surface area contributed by atoms with Crippen LogP contribution in [0.1, 0.15) is 0 Å². The molecule has 2 heteroatoms. The number of para-hydroxylation sites is 3. The molecule has 0 fully saturated rings. The molecule has 0 saturated heterocycles. The highest BCUT2D eigenvalue weighted by atomic mass is 15.0. The molecule has 2 nitrogen and oxygen atoms in total. The molecule has 11 rings (SSSR count). The van der Waals surface area contributed by atoms with Crippen LogP contribution in [-0.4, -0.2) is 9.13 Å². The molecule has 0 saturated carbocycles. The predicted molar refractivity (Wildman–Crippen MR) is 237 cm³/mol. The molecule has 262 valence electrons. The number of fused-ring (bicyclic) bond motifs is 6. The van der Waals surface area contributed by atoms with Crippen LogP contribution < -0.4 is 0 Å². The molecule has 2 heterocycles. The van der Waals surface area contributed by atoms with E-state index in [9.17, 15) is 0 Å². The second kappa shape index (κ2) is 13.2. The van der Waals surface area contributed by atoms with Gasteiger partial charge in [0.25, 0.3) is 0 Å². The Balaban J connectivity index is 1.05. The minimum absolute atomic E-state index is 1.16. The summed E-state index contributed by atoms with van der Waals surface area (Å²) in [6.45, 7) is 0. The van der Waals surface area contributed by atoms with E-state index in [1.165, 1.54) is 93.8 Å². The highest BCUT2D eigenvalue weighted by Gasteiger charge is 2.17. The number of aromatic nitrogens is 2. The Bertz CT molecular complexity index is 3210. The monoisotopic (exact) mass is 712 g/mol. The summed E-state index contributed by atoms with van der Waals surface area (Å²) in [5, 5.41) is 4.99. The zero-order valence-electron chi connectivity index (χ0n) is 30.7. The third-order valence-electron chi connectivity index (χ3n) is 11.3. The number of nitrogens with zero attached hydrogens (tertiary/aromatic N) is 2. The van der Waals surface area contributed by atoms with Gasteiger partial charge in [0.15, 0.2) is 0 Å². The van der Waals surface area contributed by atoms with E-state index in [2.05, 4.69) is 228 Å². The van der Waals surface area contributed by atoms with Gasteiger partial charge >= 0.3 is 0 Å². The van der Waals surface area contributed by atoms with E-state index in [4.69, 9.17) is 0 Å². The Labute approximate surface area is 325 Å². The topological polar surface area (TPSA) is 9.86 Å². The highest BCUT2D eigenvalue weighted by Crippen LogP contribution is 2.40. The third kappa shape index (κ3) is 5.26. The summed E-state index contributed by atoms with van der Waals surface area (Å²) in [5.41, 5.74) is 16.9. The molecule has 0 amide bonds. The van der Waals surface area contributed by atoms with E-state index in [0.29, 0.717) is 0 Å². The number of benzene rings is 9. The van der Waals surface area contributed by atoms with Crippen LogP contribution in [0.25, 0.3) is 99.5 Å². The van der Waals surface area contributed by atoms with Crippen molar-refractivity contribution < 1.29 is 0 Å². The summed E-state index contributed by atoms with van der Waals surface area (Å²) < 4.78 is 4.78. The van der Waals surface area contributed by atoms with E-state index in [1.807, 2.05) is 0 Å². The Morgan fingerprint density at radius 3 is 1.07 bits per heavy atom. The van der Waals surface area contributed by atoms with Crippen LogP contribution in [0.3, 0.4) is 0 Å². The molecular weight excluding hydrogens is 677 g/mol. The van der Waals surface area contributed by atoms with Gasteiger partial charge in [-0.1, -0.05) is 152 Å². The SMILES string of the molecule is c1ccc(-c2ccccc2-c2ccc(-c3ccc4c(c3)c3cc(-c5ccc6c(c5)c5ccccc5n6-c5ccccc5)ccc3n4-c3ccccc3)cc2)cc1. The molecule has 11 aromatic rings. The fraction of sp³-hybridized carbons (Fsp3) is 0. The lowest BCUT2D eigenvalue weighted by atomic mass is 9.93. The van der Waals surface area contributed by atoms with Gasteiger partial charge < -0.3 is 9.13 Å². The highest BCUT2D eigenvalue weighted by molar-refractivity contribution is 6.13. The van der Waals surface area contributed by atoms with Gasteiger partial charge in [-0.25, -0.2) is 0 Å². The lowest BCUT2D eigenvalue weighted by Crippen LogP contribution is -1.93. The van der Waals surface area contributed by atoms with Crippen LogP contribution in [0.5, 0.6) is 0 Å². The van der Waals surface area contributed by atoms with Crippen molar-refractivity contribution in [2.75, 3.05) is 0 Å². The minimum atomic E-state index is 1.16. The van der Waals surface area contributed by atoms with E-state index in [-0.39, 0.29) is 0 Å². The number of rotatable bonds is 6. The van der Waals surface area contributed by atoms with Crippen molar-refractivity contribution in [2.45, 2.75) is 0 Å². The lowest BCUT2D eigenvalue weighted by Gasteiger charge is -2.11. The Morgan fingerprint density at radius 1 is 0.214 bits per heavy atom. The second-order valence-corrected chi connectivity index (χ2v) is 14.5. The van der Waals surface area contributed by atoms with E-state index in [0.717, 1.165) is 5.69 Å². The van der Waals surface area contributed by atoms with Crippen molar-refractivity contribution in [3.8, 4) is 55.9 Å². The zero-order valence-corrected chi connectivity index (χ0v) is 30.7. The molecule has 0 aliphatic carbocycles. The lowest BCUT2D eigenvalue weighted by molar-refractivity contribution is 1.18. The maximum absolute atomic E-state index is 2.40. The van der Waals surface area contributed by atoms with Gasteiger partial charge in [-0.05, 0) is 111 Å². The van der Waals surface area contributed by atoms with Crippen molar-refractivity contribution in [1.29, 1.82) is 0 Å². The van der Waals surface area contributed by atoms with Crippen LogP contribution >= 0.6 is 0 Å². The first-order valence-corrected chi connectivity index (χ1v) is 19.3. The maximum atomic E-state index is 2.40. The Hall–Kier alpha value is -7.42. The van der Waals surface area contributed by atoms with Gasteiger partial charge in [0.05, 0.1) is 22.1 Å². The summed E-state index contributed by atoms with van der Waals surface area (Å²) in [7, 11) is 0. The summed E-state index contributed by atoms with van der Waals surface area (Å²) in [6.07, 6.45) is 0. The van der Waals surface area contributed by atoms with Gasteiger partial charge in [-0.2, -0.15) is 0 Å². The molecular formula is C54H36N2. The average Bonchev–Trinajstić information content (AvgIpc) is 3.79. The molecule has 0 atom stereocenters. The van der Waals surface area contributed by atoms with Crippen molar-refractivity contribution in [3.63, 3.8) is 0 Å². The van der Waals surface area contributed by atoms with E-state index in [1.54, 1.807) is 0 Å². The molecule has 0 spiro atoms. The Morgan fingerprint density at radius 2 is 0.554 bits per heavy atom. The largest absolute Gasteiger partial charge is 0.309 e. The van der Waals surface area contributed by atoms with Gasteiger partial charge in [-0.3, -0.25) is 0 Å². The average molecular weight is 713 g/mol. The molecule has 0 bridgehead atoms. The van der Waals surface area contributed by atoms with Crippen LogP contribution in [0.15, 0.2) is 218 Å². The van der Waals surface area contributed by atoms with Crippen LogP contribution in [-0.2, 0) is 0 Å². The second-order valence-electron chi connectivity index (χ2n) is 14.5. The summed E-state index contributed by atoms with van der Waals surface area (Å²) >= 11 is 0. The van der Waals surface area contributed by atoms with Crippen molar-refractivity contribution in [3.05, 3.63) is 218 Å². The first kappa shape index (κ1) is 32.0.